The van der Waals surface area contributed by atoms with Gasteiger partial charge in [0.2, 0.25) is 5.95 Å². The van der Waals surface area contributed by atoms with E-state index in [1.807, 2.05) is 7.05 Å². The van der Waals surface area contributed by atoms with Crippen LogP contribution in [0.2, 0.25) is 0 Å². The number of fused-ring (bicyclic) bond motifs is 1. The van der Waals surface area contributed by atoms with Gasteiger partial charge in [-0.05, 0) is 48.9 Å². The van der Waals surface area contributed by atoms with E-state index in [1.165, 1.54) is 28.8 Å². The van der Waals surface area contributed by atoms with Crippen LogP contribution in [0.3, 0.4) is 0 Å². The van der Waals surface area contributed by atoms with Crippen LogP contribution in [0.1, 0.15) is 28.4 Å². The quantitative estimate of drug-likeness (QED) is 0.757. The van der Waals surface area contributed by atoms with Crippen molar-refractivity contribution in [3.8, 4) is 0 Å². The van der Waals surface area contributed by atoms with Crippen molar-refractivity contribution in [2.75, 3.05) is 19.3 Å². The lowest BCUT2D eigenvalue weighted by Gasteiger charge is -2.28. The van der Waals surface area contributed by atoms with E-state index in [0.29, 0.717) is 35.3 Å². The molecule has 1 aromatic heterocycles. The molecule has 0 amide bonds. The second-order valence-electron chi connectivity index (χ2n) is 7.06. The van der Waals surface area contributed by atoms with Gasteiger partial charge in [-0.15, -0.1) is 0 Å². The lowest BCUT2D eigenvalue weighted by Crippen LogP contribution is -2.38. The molecule has 1 aliphatic rings. The fraction of sp³-hybridized carbons (Fsp3) is 0.238. The lowest BCUT2D eigenvalue weighted by molar-refractivity contribution is 0.305. The number of likely N-dealkylation sites (N-methyl/N-ethyl adjacent to an activating group) is 1. The first kappa shape index (κ1) is 18.3. The minimum Gasteiger partial charge on any atom is -0.369 e. The number of nitrogen functional groups attached to an aromatic ring is 1. The molecule has 4 rings (SSSR count). The van der Waals surface area contributed by atoms with Crippen molar-refractivity contribution in [3.63, 3.8) is 0 Å². The number of benzene rings is 2. The van der Waals surface area contributed by atoms with Crippen molar-refractivity contribution in [2.45, 2.75) is 19.0 Å². The molecule has 2 aromatic carbocycles. The number of hydrogen-bond acceptors (Lipinski definition) is 4. The highest BCUT2D eigenvalue weighted by Gasteiger charge is 2.26. The molecule has 5 nitrogen and oxygen atoms in total. The van der Waals surface area contributed by atoms with Crippen molar-refractivity contribution in [3.05, 3.63) is 92.9 Å². The van der Waals surface area contributed by atoms with Gasteiger partial charge in [-0.3, -0.25) is 9.36 Å². The summed E-state index contributed by atoms with van der Waals surface area (Å²) < 4.78 is 28.4. The van der Waals surface area contributed by atoms with Crippen molar-refractivity contribution < 1.29 is 8.78 Å². The standard InChI is InChI=1S/C21H20F2N4O/c1-26-11-10-17-18(12-26)25-21(24)27(20(17)28)19(13-2-6-15(22)7-3-13)14-4-8-16(23)9-5-14/h2-9,19H,10-12H2,1H3,(H2,24,25). The zero-order valence-corrected chi connectivity index (χ0v) is 15.4. The summed E-state index contributed by atoms with van der Waals surface area (Å²) in [5.74, 6) is -0.681. The monoisotopic (exact) mass is 382 g/mol. The Kier molecular flexibility index (Phi) is 4.68. The fourth-order valence-electron chi connectivity index (χ4n) is 3.68. The van der Waals surface area contributed by atoms with E-state index in [9.17, 15) is 13.6 Å². The van der Waals surface area contributed by atoms with Crippen LogP contribution in [0.4, 0.5) is 14.7 Å². The number of aromatic nitrogens is 2. The van der Waals surface area contributed by atoms with E-state index in [0.717, 1.165) is 6.54 Å². The SMILES string of the molecule is CN1CCc2c(nc(N)n(C(c3ccc(F)cc3)c3ccc(F)cc3)c2=O)C1. The van der Waals surface area contributed by atoms with E-state index in [-0.39, 0.29) is 23.1 Å². The molecule has 0 radical (unpaired) electrons. The van der Waals surface area contributed by atoms with E-state index < -0.39 is 6.04 Å². The summed E-state index contributed by atoms with van der Waals surface area (Å²) in [5.41, 5.74) is 8.65. The van der Waals surface area contributed by atoms with Crippen LogP contribution in [0, 0.1) is 11.6 Å². The van der Waals surface area contributed by atoms with Crippen LogP contribution < -0.4 is 11.3 Å². The lowest BCUT2D eigenvalue weighted by atomic mass is 9.97. The molecule has 144 valence electrons. The van der Waals surface area contributed by atoms with Gasteiger partial charge >= 0.3 is 0 Å². The highest BCUT2D eigenvalue weighted by Crippen LogP contribution is 2.28. The Labute approximate surface area is 161 Å². The molecule has 0 aliphatic carbocycles. The maximum Gasteiger partial charge on any atom is 0.259 e. The summed E-state index contributed by atoms with van der Waals surface area (Å²) >= 11 is 0. The number of anilines is 1. The van der Waals surface area contributed by atoms with Crippen molar-refractivity contribution in [2.24, 2.45) is 0 Å². The molecule has 0 fully saturated rings. The minimum absolute atomic E-state index is 0.0812. The molecular formula is C21H20F2N4O. The maximum atomic E-state index is 13.5. The first-order valence-electron chi connectivity index (χ1n) is 9.03. The number of nitrogens with two attached hydrogens (primary N) is 1. The first-order valence-corrected chi connectivity index (χ1v) is 9.03. The third-order valence-electron chi connectivity index (χ3n) is 5.11. The van der Waals surface area contributed by atoms with Crippen LogP contribution in [-0.2, 0) is 13.0 Å². The normalized spacial score (nSPS) is 14.3. The van der Waals surface area contributed by atoms with Crippen molar-refractivity contribution in [1.29, 1.82) is 0 Å². The highest BCUT2D eigenvalue weighted by atomic mass is 19.1. The third-order valence-corrected chi connectivity index (χ3v) is 5.11. The van der Waals surface area contributed by atoms with E-state index >= 15 is 0 Å². The van der Waals surface area contributed by atoms with E-state index in [2.05, 4.69) is 9.88 Å². The van der Waals surface area contributed by atoms with Crippen LogP contribution in [0.5, 0.6) is 0 Å². The van der Waals surface area contributed by atoms with Gasteiger partial charge in [0, 0.05) is 18.7 Å². The van der Waals surface area contributed by atoms with Crippen LogP contribution in [0.25, 0.3) is 0 Å². The van der Waals surface area contributed by atoms with Crippen LogP contribution in [-0.4, -0.2) is 28.0 Å². The zero-order chi connectivity index (χ0) is 19.8. The molecule has 0 saturated carbocycles. The smallest absolute Gasteiger partial charge is 0.259 e. The Morgan fingerprint density at radius 3 is 2.07 bits per heavy atom. The molecule has 2 N–H and O–H groups in total. The average Bonchev–Trinajstić information content (AvgIpc) is 2.67. The second kappa shape index (κ2) is 7.16. The number of nitrogens with zero attached hydrogens (tertiary/aromatic N) is 3. The summed E-state index contributed by atoms with van der Waals surface area (Å²) in [6.45, 7) is 1.32. The van der Waals surface area contributed by atoms with Crippen LogP contribution in [0.15, 0.2) is 53.3 Å². The first-order chi connectivity index (χ1) is 13.4. The Hall–Kier alpha value is -3.06. The third kappa shape index (κ3) is 3.29. The molecule has 0 saturated heterocycles. The summed E-state index contributed by atoms with van der Waals surface area (Å²) in [4.78, 5) is 19.9. The predicted molar refractivity (Wildman–Crippen MR) is 103 cm³/mol. The predicted octanol–water partition coefficient (Wildman–Crippen LogP) is 2.73. The molecule has 0 atom stereocenters. The summed E-state index contributed by atoms with van der Waals surface area (Å²) in [5, 5.41) is 0. The molecule has 28 heavy (non-hydrogen) atoms. The fourth-order valence-corrected chi connectivity index (χ4v) is 3.68. The Balaban J connectivity index is 1.93. The average molecular weight is 382 g/mol. The minimum atomic E-state index is -0.633. The largest absolute Gasteiger partial charge is 0.369 e. The van der Waals surface area contributed by atoms with Gasteiger partial charge in [-0.25, -0.2) is 13.8 Å². The highest BCUT2D eigenvalue weighted by molar-refractivity contribution is 5.39. The van der Waals surface area contributed by atoms with Gasteiger partial charge in [0.25, 0.3) is 5.56 Å². The Bertz CT molecular complexity index is 1020. The topological polar surface area (TPSA) is 64.2 Å². The molecule has 2 heterocycles. The van der Waals surface area contributed by atoms with Gasteiger partial charge < -0.3 is 10.6 Å². The van der Waals surface area contributed by atoms with Gasteiger partial charge in [-0.1, -0.05) is 24.3 Å². The van der Waals surface area contributed by atoms with E-state index in [1.54, 1.807) is 24.3 Å². The van der Waals surface area contributed by atoms with Crippen molar-refractivity contribution >= 4 is 5.95 Å². The number of hydrogen-bond donors (Lipinski definition) is 1. The van der Waals surface area contributed by atoms with Gasteiger partial charge in [0.15, 0.2) is 0 Å². The molecule has 0 bridgehead atoms. The molecule has 0 spiro atoms. The number of halogens is 2. The summed E-state index contributed by atoms with van der Waals surface area (Å²) in [6.07, 6.45) is 0.581. The number of rotatable bonds is 3. The van der Waals surface area contributed by atoms with Gasteiger partial charge in [0.1, 0.15) is 11.6 Å². The molecule has 0 unspecified atom stereocenters. The second-order valence-corrected chi connectivity index (χ2v) is 7.06. The van der Waals surface area contributed by atoms with Crippen molar-refractivity contribution in [1.82, 2.24) is 14.5 Å². The maximum absolute atomic E-state index is 13.5. The molecule has 7 heteroatoms. The summed E-state index contributed by atoms with van der Waals surface area (Å²) in [6, 6.07) is 11.1. The van der Waals surface area contributed by atoms with E-state index in [4.69, 9.17) is 5.73 Å². The Morgan fingerprint density at radius 2 is 1.54 bits per heavy atom. The zero-order valence-electron chi connectivity index (χ0n) is 15.4. The Morgan fingerprint density at radius 1 is 1.00 bits per heavy atom. The summed E-state index contributed by atoms with van der Waals surface area (Å²) in [7, 11) is 1.96. The van der Waals surface area contributed by atoms with Gasteiger partial charge in [0.05, 0.1) is 11.7 Å². The molecular weight excluding hydrogens is 362 g/mol. The molecule has 3 aromatic rings. The molecule has 1 aliphatic heterocycles. The van der Waals surface area contributed by atoms with Crippen LogP contribution >= 0.6 is 0 Å². The van der Waals surface area contributed by atoms with Gasteiger partial charge in [-0.2, -0.15) is 0 Å².